The summed E-state index contributed by atoms with van der Waals surface area (Å²) in [6.45, 7) is 13.6. The van der Waals surface area contributed by atoms with Crippen LogP contribution in [-0.4, -0.2) is 12.7 Å². The van der Waals surface area contributed by atoms with Gasteiger partial charge in [-0.05, 0) is 29.7 Å². The molecule has 0 aromatic rings. The molecule has 0 aliphatic heterocycles. The molecule has 0 N–H and O–H groups in total. The monoisotopic (exact) mass is 403 g/mol. The van der Waals surface area contributed by atoms with Crippen molar-refractivity contribution in [3.63, 3.8) is 0 Å². The van der Waals surface area contributed by atoms with Crippen molar-refractivity contribution in [1.82, 2.24) is 0 Å². The van der Waals surface area contributed by atoms with Gasteiger partial charge in [0.05, 0.1) is 5.60 Å². The Morgan fingerprint density at radius 3 is 2.12 bits per heavy atom. The Labute approximate surface area is 175 Å². The predicted molar refractivity (Wildman–Crippen MR) is 89.9 cm³/mol. The van der Waals surface area contributed by atoms with Crippen LogP contribution in [-0.2, 0) is 26.5 Å². The van der Waals surface area contributed by atoms with Crippen molar-refractivity contribution >= 4 is 0 Å². The molecule has 133 valence electrons. The van der Waals surface area contributed by atoms with Crippen LogP contribution in [0.1, 0.15) is 54.4 Å². The van der Waals surface area contributed by atoms with Crippen LogP contribution >= 0.6 is 0 Å². The molecule has 0 heterocycles. The van der Waals surface area contributed by atoms with Gasteiger partial charge in [-0.3, -0.25) is 6.08 Å². The van der Waals surface area contributed by atoms with Crippen molar-refractivity contribution in [2.75, 3.05) is 7.11 Å². The Hall–Kier alpha value is 0.214. The minimum absolute atomic E-state index is 0. The summed E-state index contributed by atoms with van der Waals surface area (Å²) in [6, 6.07) is 0. The molecule has 0 bridgehead atoms. The molecule has 0 aromatic heterocycles. The molecule has 1 radical (unpaired) electrons. The Balaban J connectivity index is 0. The van der Waals surface area contributed by atoms with E-state index in [2.05, 4.69) is 71.9 Å². The van der Waals surface area contributed by atoms with E-state index in [1.807, 2.05) is 7.11 Å². The zero-order valence-corrected chi connectivity index (χ0v) is 19.0. The van der Waals surface area contributed by atoms with Crippen LogP contribution in [0.15, 0.2) is 41.0 Å². The predicted octanol–water partition coefficient (Wildman–Crippen LogP) is -0.585. The Bertz CT molecular complexity index is 550. The number of methoxy groups -OCH3 is 1. The fourth-order valence-electron chi connectivity index (χ4n) is 3.73. The summed E-state index contributed by atoms with van der Waals surface area (Å²) in [5.74, 6) is 0. The van der Waals surface area contributed by atoms with E-state index in [9.17, 15) is 0 Å². The molecule has 0 fully saturated rings. The topological polar surface area (TPSA) is 9.23 Å². The zero-order chi connectivity index (χ0) is 15.9. The average Bonchev–Trinajstić information content (AvgIpc) is 2.92. The van der Waals surface area contributed by atoms with E-state index in [1.54, 1.807) is 0 Å². The molecule has 2 aliphatic carbocycles. The van der Waals surface area contributed by atoms with Crippen molar-refractivity contribution in [2.24, 2.45) is 10.8 Å². The SMILES string of the molecule is COC1(C(C)(C)C2=[C-]CC=C2)CC=C(C)C=C1C(C)(C)C.[Cl-].[Cl-].[Ti+3]. The minimum Gasteiger partial charge on any atom is -1.00 e. The zero-order valence-electron chi connectivity index (χ0n) is 15.9. The second-order valence-electron chi connectivity index (χ2n) is 7.81. The smallest absolute Gasteiger partial charge is 1.00 e. The molecule has 1 unspecified atom stereocenters. The fraction of sp³-hybridized carbons (Fsp3) is 0.600. The summed E-state index contributed by atoms with van der Waals surface area (Å²) in [7, 11) is 1.86. The molecule has 24 heavy (non-hydrogen) atoms. The molecule has 2 aliphatic rings. The number of hydrogen-bond acceptors (Lipinski definition) is 1. The summed E-state index contributed by atoms with van der Waals surface area (Å²) in [5.41, 5.74) is 3.66. The number of hydrogen-bond donors (Lipinski definition) is 0. The third kappa shape index (κ3) is 4.48. The normalized spacial score (nSPS) is 23.2. The molecule has 0 spiro atoms. The number of allylic oxidation sites excluding steroid dienone is 5. The summed E-state index contributed by atoms with van der Waals surface area (Å²) in [5, 5.41) is 0. The van der Waals surface area contributed by atoms with Crippen LogP contribution in [0.2, 0.25) is 0 Å². The first-order valence-electron chi connectivity index (χ1n) is 7.87. The van der Waals surface area contributed by atoms with Crippen LogP contribution in [0.5, 0.6) is 0 Å². The van der Waals surface area contributed by atoms with Gasteiger partial charge in [-0.15, -0.1) is 6.42 Å². The standard InChI is InChI=1S/C20H29O.2ClH.Ti/c1-15-12-13-20(21-7,17(14-15)18(2,3)4)19(5,6)16-10-8-9-11-16;;;/h8,10,12,14H,9,13H2,1-7H3;2*1H;/q-1;;;+3/p-2. The summed E-state index contributed by atoms with van der Waals surface area (Å²) >= 11 is 0. The van der Waals surface area contributed by atoms with Crippen LogP contribution in [0.25, 0.3) is 0 Å². The molecule has 0 saturated heterocycles. The molecule has 1 atom stereocenters. The van der Waals surface area contributed by atoms with Crippen LogP contribution in [0.4, 0.5) is 0 Å². The van der Waals surface area contributed by atoms with Crippen molar-refractivity contribution in [1.29, 1.82) is 0 Å². The van der Waals surface area contributed by atoms with Gasteiger partial charge in [-0.25, -0.2) is 11.6 Å². The minimum atomic E-state index is -0.304. The maximum Gasteiger partial charge on any atom is 3.00 e. The first kappa shape index (κ1) is 26.4. The van der Waals surface area contributed by atoms with Gasteiger partial charge in [0.25, 0.3) is 0 Å². The fourth-order valence-corrected chi connectivity index (χ4v) is 3.73. The Kier molecular flexibility index (Phi) is 10.2. The summed E-state index contributed by atoms with van der Waals surface area (Å²) in [4.78, 5) is 0. The molecule has 0 aromatic carbocycles. The average molecular weight is 404 g/mol. The molecule has 1 nitrogen and oxygen atoms in total. The second-order valence-corrected chi connectivity index (χ2v) is 7.81. The maximum absolute atomic E-state index is 6.24. The van der Waals surface area contributed by atoms with Gasteiger partial charge in [0.2, 0.25) is 0 Å². The molecular formula is C20H29Cl2OTi. The molecule has 0 amide bonds. The van der Waals surface area contributed by atoms with E-state index in [0.717, 1.165) is 12.8 Å². The summed E-state index contributed by atoms with van der Waals surface area (Å²) < 4.78 is 6.24. The van der Waals surface area contributed by atoms with Crippen molar-refractivity contribution in [3.8, 4) is 0 Å². The van der Waals surface area contributed by atoms with Crippen molar-refractivity contribution in [3.05, 3.63) is 47.1 Å². The van der Waals surface area contributed by atoms with Crippen LogP contribution < -0.4 is 24.8 Å². The van der Waals surface area contributed by atoms with Gasteiger partial charge >= 0.3 is 21.7 Å². The molecule has 2 rings (SSSR count). The Morgan fingerprint density at radius 2 is 1.71 bits per heavy atom. The number of halogens is 2. The van der Waals surface area contributed by atoms with Gasteiger partial charge in [0.15, 0.2) is 0 Å². The van der Waals surface area contributed by atoms with Gasteiger partial charge in [0, 0.05) is 7.11 Å². The summed E-state index contributed by atoms with van der Waals surface area (Å²) in [6.07, 6.45) is 14.4. The third-order valence-electron chi connectivity index (χ3n) is 5.05. The van der Waals surface area contributed by atoms with Gasteiger partial charge in [0.1, 0.15) is 0 Å². The van der Waals surface area contributed by atoms with E-state index in [0.29, 0.717) is 0 Å². The Morgan fingerprint density at radius 1 is 1.12 bits per heavy atom. The van der Waals surface area contributed by atoms with Gasteiger partial charge < -0.3 is 29.6 Å². The maximum atomic E-state index is 6.24. The molecule has 4 heteroatoms. The first-order valence-corrected chi connectivity index (χ1v) is 7.87. The first-order chi connectivity index (χ1) is 9.65. The van der Waals surface area contributed by atoms with Gasteiger partial charge in [-0.1, -0.05) is 52.3 Å². The third-order valence-corrected chi connectivity index (χ3v) is 5.05. The van der Waals surface area contributed by atoms with Gasteiger partial charge in [-0.2, -0.15) is 6.08 Å². The number of ether oxygens (including phenoxy) is 1. The van der Waals surface area contributed by atoms with E-state index in [-0.39, 0.29) is 63.0 Å². The molecular weight excluding hydrogens is 375 g/mol. The van der Waals surface area contributed by atoms with E-state index < -0.39 is 0 Å². The second kappa shape index (κ2) is 9.24. The molecule has 0 saturated carbocycles. The van der Waals surface area contributed by atoms with Crippen molar-refractivity contribution in [2.45, 2.75) is 60.0 Å². The van der Waals surface area contributed by atoms with Crippen LogP contribution in [0, 0.1) is 16.9 Å². The van der Waals surface area contributed by atoms with E-state index >= 15 is 0 Å². The number of rotatable bonds is 3. The quantitative estimate of drug-likeness (QED) is 0.452. The van der Waals surface area contributed by atoms with Crippen LogP contribution in [0.3, 0.4) is 0 Å². The van der Waals surface area contributed by atoms with E-state index in [1.165, 1.54) is 16.7 Å². The largest absolute Gasteiger partial charge is 3.00 e. The van der Waals surface area contributed by atoms with E-state index in [4.69, 9.17) is 4.74 Å². The van der Waals surface area contributed by atoms with Crippen molar-refractivity contribution < 1.29 is 51.3 Å².